The quantitative estimate of drug-likeness (QED) is 0.583. The minimum atomic E-state index is -2.54. The first-order chi connectivity index (χ1) is 6.13. The normalized spacial score (nSPS) is 12.5. The number of nitrogens with two attached hydrogens (primary N) is 1. The van der Waals surface area contributed by atoms with Crippen LogP contribution in [0, 0.1) is 0 Å². The summed E-state index contributed by atoms with van der Waals surface area (Å²) in [4.78, 5) is 0. The maximum Gasteiger partial charge on any atom is 0.141 e. The van der Waals surface area contributed by atoms with E-state index in [0.29, 0.717) is 5.69 Å². The first kappa shape index (κ1) is 10.0. The number of anilines is 1. The Morgan fingerprint density at radius 3 is 2.77 bits per heavy atom. The topological polar surface area (TPSA) is 75.4 Å². The lowest BCUT2D eigenvalue weighted by molar-refractivity contribution is 0.440. The predicted molar refractivity (Wildman–Crippen MR) is 49.8 cm³/mol. The average molecular weight is 200 g/mol. The molecule has 1 aromatic rings. The summed E-state index contributed by atoms with van der Waals surface area (Å²) in [6.07, 6.45) is 0.812. The lowest BCUT2D eigenvalue weighted by Gasteiger charge is -2.09. The van der Waals surface area contributed by atoms with Crippen LogP contribution in [0.1, 0.15) is 12.5 Å². The lowest BCUT2D eigenvalue weighted by Crippen LogP contribution is -1.99. The van der Waals surface area contributed by atoms with E-state index in [1.165, 1.54) is 6.07 Å². The third-order valence-electron chi connectivity index (χ3n) is 1.66. The summed E-state index contributed by atoms with van der Waals surface area (Å²) in [7, 11) is 0. The Morgan fingerprint density at radius 2 is 2.31 bits per heavy atom. The Labute approximate surface area is 79.2 Å². The fourth-order valence-electron chi connectivity index (χ4n) is 1.03. The summed E-state index contributed by atoms with van der Waals surface area (Å²) in [6, 6.07) is 4.82. The largest absolute Gasteiger partial charge is 0.740 e. The SMILES string of the molecule is CCc1ccc(OS(=O)[O-])cc1N. The molecule has 1 unspecified atom stereocenters. The molecule has 0 saturated heterocycles. The molecular formula is C8H10NO3S-. The van der Waals surface area contributed by atoms with E-state index in [1.54, 1.807) is 12.1 Å². The van der Waals surface area contributed by atoms with Gasteiger partial charge in [-0.25, -0.2) is 4.21 Å². The second kappa shape index (κ2) is 4.25. The van der Waals surface area contributed by atoms with E-state index in [4.69, 9.17) is 5.73 Å². The van der Waals surface area contributed by atoms with E-state index in [-0.39, 0.29) is 5.75 Å². The van der Waals surface area contributed by atoms with E-state index in [0.717, 1.165) is 12.0 Å². The summed E-state index contributed by atoms with van der Waals surface area (Å²) < 4.78 is 24.8. The van der Waals surface area contributed by atoms with Gasteiger partial charge in [0, 0.05) is 11.8 Å². The number of rotatable bonds is 3. The van der Waals surface area contributed by atoms with E-state index in [1.807, 2.05) is 6.92 Å². The molecule has 4 nitrogen and oxygen atoms in total. The maximum atomic E-state index is 10.2. The van der Waals surface area contributed by atoms with Gasteiger partial charge in [-0.15, -0.1) is 0 Å². The van der Waals surface area contributed by atoms with Crippen molar-refractivity contribution >= 4 is 17.0 Å². The molecule has 13 heavy (non-hydrogen) atoms. The number of hydrogen-bond acceptors (Lipinski definition) is 4. The van der Waals surface area contributed by atoms with Gasteiger partial charge < -0.3 is 14.5 Å². The van der Waals surface area contributed by atoms with Gasteiger partial charge in [-0.2, -0.15) is 0 Å². The second-order valence-electron chi connectivity index (χ2n) is 2.50. The van der Waals surface area contributed by atoms with E-state index < -0.39 is 11.4 Å². The van der Waals surface area contributed by atoms with Crippen molar-refractivity contribution in [3.8, 4) is 5.75 Å². The molecule has 0 fully saturated rings. The van der Waals surface area contributed by atoms with E-state index in [9.17, 15) is 8.76 Å². The fraction of sp³-hybridized carbons (Fsp3) is 0.250. The van der Waals surface area contributed by atoms with Crippen LogP contribution in [0.25, 0.3) is 0 Å². The van der Waals surface area contributed by atoms with Gasteiger partial charge >= 0.3 is 0 Å². The Morgan fingerprint density at radius 1 is 1.62 bits per heavy atom. The molecule has 0 radical (unpaired) electrons. The first-order valence-corrected chi connectivity index (χ1v) is 4.79. The Bertz CT molecular complexity index is 327. The summed E-state index contributed by atoms with van der Waals surface area (Å²) in [5.74, 6) is 0.239. The molecule has 0 aliphatic rings. The van der Waals surface area contributed by atoms with Crippen LogP contribution < -0.4 is 9.92 Å². The van der Waals surface area contributed by atoms with Crippen molar-refractivity contribution in [3.63, 3.8) is 0 Å². The van der Waals surface area contributed by atoms with Crippen LogP contribution in [-0.4, -0.2) is 8.76 Å². The molecule has 0 saturated carbocycles. The number of nitrogen functional groups attached to an aromatic ring is 1. The van der Waals surface area contributed by atoms with Crippen LogP contribution in [0.4, 0.5) is 5.69 Å². The van der Waals surface area contributed by atoms with Crippen LogP contribution in [0.15, 0.2) is 18.2 Å². The Hall–Kier alpha value is -1.07. The molecule has 0 aromatic heterocycles. The van der Waals surface area contributed by atoms with E-state index in [2.05, 4.69) is 4.18 Å². The van der Waals surface area contributed by atoms with Gasteiger partial charge in [0.1, 0.15) is 17.1 Å². The molecule has 72 valence electrons. The average Bonchev–Trinajstić information content (AvgIpc) is 2.03. The van der Waals surface area contributed by atoms with Crippen LogP contribution in [0.5, 0.6) is 5.75 Å². The van der Waals surface area contributed by atoms with Gasteiger partial charge in [0.05, 0.1) is 0 Å². The van der Waals surface area contributed by atoms with Gasteiger partial charge in [0.2, 0.25) is 0 Å². The van der Waals surface area contributed by atoms with Crippen LogP contribution in [-0.2, 0) is 17.8 Å². The van der Waals surface area contributed by atoms with Crippen molar-refractivity contribution in [1.29, 1.82) is 0 Å². The summed E-state index contributed by atoms with van der Waals surface area (Å²) in [5.41, 5.74) is 7.15. The van der Waals surface area contributed by atoms with Crippen LogP contribution >= 0.6 is 0 Å². The second-order valence-corrected chi connectivity index (χ2v) is 3.08. The van der Waals surface area contributed by atoms with Crippen molar-refractivity contribution in [2.75, 3.05) is 5.73 Å². The molecule has 0 aliphatic carbocycles. The van der Waals surface area contributed by atoms with Crippen molar-refractivity contribution in [1.82, 2.24) is 0 Å². The highest BCUT2D eigenvalue weighted by Gasteiger charge is 1.99. The van der Waals surface area contributed by atoms with Gasteiger partial charge in [-0.05, 0) is 18.1 Å². The van der Waals surface area contributed by atoms with Gasteiger partial charge in [-0.3, -0.25) is 0 Å². The van der Waals surface area contributed by atoms with Gasteiger partial charge in [-0.1, -0.05) is 13.0 Å². The molecule has 1 atom stereocenters. The minimum Gasteiger partial charge on any atom is -0.740 e. The standard InChI is InChI=1S/C8H11NO3S/c1-2-6-3-4-7(5-8(6)9)12-13(10)11/h3-5H,2,9H2,1H3,(H,10,11)/p-1. The van der Waals surface area contributed by atoms with Crippen molar-refractivity contribution in [2.45, 2.75) is 13.3 Å². The third kappa shape index (κ3) is 2.71. The summed E-state index contributed by atoms with van der Waals surface area (Å²) >= 11 is -2.54. The lowest BCUT2D eigenvalue weighted by atomic mass is 10.1. The zero-order chi connectivity index (χ0) is 9.84. The third-order valence-corrected chi connectivity index (χ3v) is 1.99. The number of aryl methyl sites for hydroxylation is 1. The van der Waals surface area contributed by atoms with Crippen molar-refractivity contribution in [2.24, 2.45) is 0 Å². The smallest absolute Gasteiger partial charge is 0.141 e. The molecule has 2 N–H and O–H groups in total. The molecule has 0 amide bonds. The number of hydrogen-bond donors (Lipinski definition) is 1. The first-order valence-electron chi connectivity index (χ1n) is 3.79. The predicted octanol–water partition coefficient (Wildman–Crippen LogP) is 1.00. The molecule has 1 aromatic carbocycles. The van der Waals surface area contributed by atoms with Gasteiger partial charge in [0.25, 0.3) is 0 Å². The molecule has 0 bridgehead atoms. The molecule has 0 aliphatic heterocycles. The monoisotopic (exact) mass is 200 g/mol. The summed E-state index contributed by atoms with van der Waals surface area (Å²) in [5, 5.41) is 0. The Balaban J connectivity index is 2.89. The van der Waals surface area contributed by atoms with Crippen LogP contribution in [0.3, 0.4) is 0 Å². The molecule has 5 heteroatoms. The zero-order valence-electron chi connectivity index (χ0n) is 7.15. The van der Waals surface area contributed by atoms with E-state index >= 15 is 0 Å². The maximum absolute atomic E-state index is 10.2. The highest BCUT2D eigenvalue weighted by Crippen LogP contribution is 2.20. The number of benzene rings is 1. The fourth-order valence-corrected chi connectivity index (χ4v) is 1.29. The van der Waals surface area contributed by atoms with Crippen LogP contribution in [0.2, 0.25) is 0 Å². The highest BCUT2D eigenvalue weighted by molar-refractivity contribution is 7.74. The molecule has 1 rings (SSSR count). The highest BCUT2D eigenvalue weighted by atomic mass is 32.2. The zero-order valence-corrected chi connectivity index (χ0v) is 7.97. The molecular weight excluding hydrogens is 190 g/mol. The summed E-state index contributed by atoms with van der Waals surface area (Å²) in [6.45, 7) is 1.97. The van der Waals surface area contributed by atoms with Crippen molar-refractivity contribution in [3.05, 3.63) is 23.8 Å². The van der Waals surface area contributed by atoms with Gasteiger partial charge in [0.15, 0.2) is 0 Å². The van der Waals surface area contributed by atoms with Crippen molar-refractivity contribution < 1.29 is 12.9 Å². The molecule has 0 heterocycles. The Kier molecular flexibility index (Phi) is 3.27. The minimum absolute atomic E-state index is 0.239. The molecule has 0 spiro atoms.